The fourth-order valence-electron chi connectivity index (χ4n) is 1.94. The van der Waals surface area contributed by atoms with E-state index in [0.29, 0.717) is 10.8 Å². The number of carbonyl (C=O) groups is 1. The maximum atomic E-state index is 13.1. The Morgan fingerprint density at radius 2 is 2.18 bits per heavy atom. The number of amides is 1. The van der Waals surface area contributed by atoms with E-state index in [1.54, 1.807) is 0 Å². The number of anilines is 1. The van der Waals surface area contributed by atoms with Crippen molar-refractivity contribution >= 4 is 35.0 Å². The van der Waals surface area contributed by atoms with E-state index in [9.17, 15) is 9.18 Å². The Labute approximate surface area is 137 Å². The van der Waals surface area contributed by atoms with Gasteiger partial charge < -0.3 is 9.88 Å². The highest BCUT2D eigenvalue weighted by molar-refractivity contribution is 7.99. The van der Waals surface area contributed by atoms with E-state index >= 15 is 0 Å². The molecule has 118 valence electrons. The molecule has 0 spiro atoms. The first-order valence-corrected chi connectivity index (χ1v) is 8.04. The van der Waals surface area contributed by atoms with Crippen molar-refractivity contribution in [2.75, 3.05) is 11.1 Å². The minimum absolute atomic E-state index is 0.0272. The zero-order valence-electron chi connectivity index (χ0n) is 12.4. The Balaban J connectivity index is 1.97. The van der Waals surface area contributed by atoms with Crippen LogP contribution in [0.25, 0.3) is 0 Å². The Bertz CT molecular complexity index is 689. The van der Waals surface area contributed by atoms with Crippen LogP contribution in [0.3, 0.4) is 0 Å². The number of carbonyl (C=O) groups excluding carboxylic acids is 1. The number of nitrogens with zero attached hydrogens (tertiary/aromatic N) is 3. The molecule has 2 rings (SSSR count). The third-order valence-corrected chi connectivity index (χ3v) is 4.12. The Hall–Kier alpha value is -1.60. The number of nitrogens with one attached hydrogen (secondary N) is 1. The number of aryl methyl sites for hydroxylation is 1. The number of aromatic nitrogens is 3. The summed E-state index contributed by atoms with van der Waals surface area (Å²) >= 11 is 6.98. The lowest BCUT2D eigenvalue weighted by Gasteiger charge is -2.11. The maximum absolute atomic E-state index is 13.1. The van der Waals surface area contributed by atoms with Crippen molar-refractivity contribution in [2.24, 2.45) is 0 Å². The molecular weight excluding hydrogens is 327 g/mol. The minimum Gasteiger partial charge on any atom is -0.325 e. The van der Waals surface area contributed by atoms with Gasteiger partial charge in [-0.2, -0.15) is 0 Å². The van der Waals surface area contributed by atoms with E-state index in [0.717, 1.165) is 5.82 Å². The largest absolute Gasteiger partial charge is 0.325 e. The SMILES string of the molecule is Cc1nnc(SCC(=O)Nc2ccc(F)c(Cl)c2)n1C(C)C. The van der Waals surface area contributed by atoms with Crippen molar-refractivity contribution in [3.8, 4) is 0 Å². The van der Waals surface area contributed by atoms with Gasteiger partial charge in [0.05, 0.1) is 10.8 Å². The average molecular weight is 343 g/mol. The van der Waals surface area contributed by atoms with Crippen molar-refractivity contribution in [2.45, 2.75) is 32.0 Å². The normalized spacial score (nSPS) is 11.0. The first kappa shape index (κ1) is 16.8. The van der Waals surface area contributed by atoms with Crippen LogP contribution in [0.2, 0.25) is 5.02 Å². The molecular formula is C14H16ClFN4OS. The molecule has 1 N–H and O–H groups in total. The van der Waals surface area contributed by atoms with E-state index in [4.69, 9.17) is 11.6 Å². The van der Waals surface area contributed by atoms with Crippen molar-refractivity contribution < 1.29 is 9.18 Å². The first-order chi connectivity index (χ1) is 10.4. The van der Waals surface area contributed by atoms with Gasteiger partial charge >= 0.3 is 0 Å². The van der Waals surface area contributed by atoms with Crippen LogP contribution in [0.4, 0.5) is 10.1 Å². The van der Waals surface area contributed by atoms with Crippen LogP contribution in [0.15, 0.2) is 23.4 Å². The smallest absolute Gasteiger partial charge is 0.234 e. The topological polar surface area (TPSA) is 59.8 Å². The van der Waals surface area contributed by atoms with Gasteiger partial charge in [-0.15, -0.1) is 10.2 Å². The number of thioether (sulfide) groups is 1. The molecule has 1 aromatic carbocycles. The molecule has 0 atom stereocenters. The van der Waals surface area contributed by atoms with Crippen LogP contribution >= 0.6 is 23.4 Å². The van der Waals surface area contributed by atoms with E-state index < -0.39 is 5.82 Å². The summed E-state index contributed by atoms with van der Waals surface area (Å²) < 4.78 is 15.0. The second-order valence-electron chi connectivity index (χ2n) is 4.96. The Morgan fingerprint density at radius 3 is 2.82 bits per heavy atom. The Kier molecular flexibility index (Phi) is 5.42. The molecule has 0 saturated carbocycles. The minimum atomic E-state index is -0.519. The first-order valence-electron chi connectivity index (χ1n) is 6.67. The lowest BCUT2D eigenvalue weighted by Crippen LogP contribution is -2.15. The second-order valence-corrected chi connectivity index (χ2v) is 6.31. The van der Waals surface area contributed by atoms with Gasteiger partial charge in [-0.25, -0.2) is 4.39 Å². The number of hydrogen-bond donors (Lipinski definition) is 1. The van der Waals surface area contributed by atoms with Crippen molar-refractivity contribution in [3.05, 3.63) is 34.9 Å². The third-order valence-electron chi connectivity index (χ3n) is 2.89. The van der Waals surface area contributed by atoms with Gasteiger partial charge in [-0.3, -0.25) is 4.79 Å². The highest BCUT2D eigenvalue weighted by atomic mass is 35.5. The van der Waals surface area contributed by atoms with Crippen LogP contribution in [-0.2, 0) is 4.79 Å². The van der Waals surface area contributed by atoms with Crippen LogP contribution < -0.4 is 5.32 Å². The van der Waals surface area contributed by atoms with Gasteiger partial charge in [-0.1, -0.05) is 23.4 Å². The molecule has 0 radical (unpaired) electrons. The standard InChI is InChI=1S/C14H16ClFN4OS/c1-8(2)20-9(3)18-19-14(20)22-7-13(21)17-10-4-5-12(16)11(15)6-10/h4-6,8H,7H2,1-3H3,(H,17,21). The van der Waals surface area contributed by atoms with E-state index in [-0.39, 0.29) is 22.7 Å². The maximum Gasteiger partial charge on any atom is 0.234 e. The van der Waals surface area contributed by atoms with Crippen LogP contribution in [0.1, 0.15) is 25.7 Å². The molecule has 1 aromatic heterocycles. The van der Waals surface area contributed by atoms with E-state index in [2.05, 4.69) is 15.5 Å². The fourth-order valence-corrected chi connectivity index (χ4v) is 3.04. The molecule has 2 aromatic rings. The summed E-state index contributed by atoms with van der Waals surface area (Å²) in [7, 11) is 0. The molecule has 1 heterocycles. The summed E-state index contributed by atoms with van der Waals surface area (Å²) in [5, 5.41) is 11.4. The van der Waals surface area contributed by atoms with Gasteiger partial charge in [0.1, 0.15) is 11.6 Å². The number of halogens is 2. The zero-order chi connectivity index (χ0) is 16.3. The molecule has 0 fully saturated rings. The summed E-state index contributed by atoms with van der Waals surface area (Å²) in [4.78, 5) is 11.9. The summed E-state index contributed by atoms with van der Waals surface area (Å²) in [6.07, 6.45) is 0. The quantitative estimate of drug-likeness (QED) is 0.842. The molecule has 1 amide bonds. The fraction of sp³-hybridized carbons (Fsp3) is 0.357. The van der Waals surface area contributed by atoms with Gasteiger partial charge in [0, 0.05) is 11.7 Å². The molecule has 5 nitrogen and oxygen atoms in total. The summed E-state index contributed by atoms with van der Waals surface area (Å²) in [6, 6.07) is 4.27. The highest BCUT2D eigenvalue weighted by Gasteiger charge is 2.14. The number of benzene rings is 1. The third kappa shape index (κ3) is 3.98. The molecule has 0 bridgehead atoms. The van der Waals surface area contributed by atoms with Crippen molar-refractivity contribution in [1.82, 2.24) is 14.8 Å². The second kappa shape index (κ2) is 7.11. The molecule has 8 heteroatoms. The van der Waals surface area contributed by atoms with Gasteiger partial charge in [-0.05, 0) is 39.0 Å². The summed E-state index contributed by atoms with van der Waals surface area (Å²) in [6.45, 7) is 5.93. The van der Waals surface area contributed by atoms with Crippen molar-refractivity contribution in [3.63, 3.8) is 0 Å². The Morgan fingerprint density at radius 1 is 1.45 bits per heavy atom. The predicted octanol–water partition coefficient (Wildman–Crippen LogP) is 3.69. The number of rotatable bonds is 5. The molecule has 22 heavy (non-hydrogen) atoms. The van der Waals surface area contributed by atoms with Gasteiger partial charge in [0.15, 0.2) is 5.16 Å². The lowest BCUT2D eigenvalue weighted by molar-refractivity contribution is -0.113. The lowest BCUT2D eigenvalue weighted by atomic mass is 10.3. The van der Waals surface area contributed by atoms with Crippen LogP contribution in [-0.4, -0.2) is 26.4 Å². The van der Waals surface area contributed by atoms with Crippen molar-refractivity contribution in [1.29, 1.82) is 0 Å². The van der Waals surface area contributed by atoms with Crippen LogP contribution in [0.5, 0.6) is 0 Å². The summed E-state index contributed by atoms with van der Waals surface area (Å²) in [5.74, 6) is 0.251. The molecule has 0 aliphatic heterocycles. The van der Waals surface area contributed by atoms with E-state index in [1.807, 2.05) is 25.3 Å². The van der Waals surface area contributed by atoms with E-state index in [1.165, 1.54) is 30.0 Å². The molecule has 0 aliphatic rings. The predicted molar refractivity (Wildman–Crippen MR) is 85.9 cm³/mol. The molecule has 0 aliphatic carbocycles. The molecule has 0 unspecified atom stereocenters. The average Bonchev–Trinajstić information content (AvgIpc) is 2.82. The monoisotopic (exact) mass is 342 g/mol. The van der Waals surface area contributed by atoms with Gasteiger partial charge in [0.2, 0.25) is 5.91 Å². The highest BCUT2D eigenvalue weighted by Crippen LogP contribution is 2.22. The zero-order valence-corrected chi connectivity index (χ0v) is 14.0. The molecule has 0 saturated heterocycles. The van der Waals surface area contributed by atoms with Crippen LogP contribution in [0, 0.1) is 12.7 Å². The summed E-state index contributed by atoms with van der Waals surface area (Å²) in [5.41, 5.74) is 0.457. The number of hydrogen-bond acceptors (Lipinski definition) is 4. The van der Waals surface area contributed by atoms with Gasteiger partial charge in [0.25, 0.3) is 0 Å².